The molecule has 3 unspecified atom stereocenters. The number of ether oxygens (including phenoxy) is 5. The fourth-order valence-electron chi connectivity index (χ4n) is 7.08. The van der Waals surface area contributed by atoms with Gasteiger partial charge in [-0.3, -0.25) is 9.59 Å². The molecule has 332 valence electrons. The van der Waals surface area contributed by atoms with Crippen molar-refractivity contribution < 1.29 is 33.3 Å². The Morgan fingerprint density at radius 1 is 0.800 bits per heavy atom. The van der Waals surface area contributed by atoms with Crippen LogP contribution in [0, 0.1) is 11.8 Å². The zero-order valence-corrected chi connectivity index (χ0v) is 37.3. The molecule has 2 N–H and O–H groups in total. The molecule has 12 heteroatoms. The summed E-state index contributed by atoms with van der Waals surface area (Å²) < 4.78 is 27.4. The minimum Gasteiger partial charge on any atom is -0.494 e. The van der Waals surface area contributed by atoms with Crippen molar-refractivity contribution in [2.75, 3.05) is 72.3 Å². The van der Waals surface area contributed by atoms with E-state index in [1.807, 2.05) is 61.5 Å². The summed E-state index contributed by atoms with van der Waals surface area (Å²) in [6, 6.07) is 17.4. The van der Waals surface area contributed by atoms with Crippen molar-refractivity contribution >= 4 is 17.6 Å². The second-order valence-electron chi connectivity index (χ2n) is 15.4. The molecule has 0 spiro atoms. The van der Waals surface area contributed by atoms with E-state index < -0.39 is 0 Å². The van der Waals surface area contributed by atoms with Crippen molar-refractivity contribution in [2.45, 2.75) is 104 Å². The van der Waals surface area contributed by atoms with E-state index in [4.69, 9.17) is 18.9 Å². The highest BCUT2D eigenvalue weighted by atomic mass is 16.5. The summed E-state index contributed by atoms with van der Waals surface area (Å²) in [5.74, 6) is 1.45. The number of nitrogens with one attached hydrogen (secondary N) is 2. The van der Waals surface area contributed by atoms with Gasteiger partial charge in [-0.1, -0.05) is 71.2 Å². The van der Waals surface area contributed by atoms with E-state index in [2.05, 4.69) is 64.6 Å². The molecule has 1 amide bonds. The molecule has 4 atom stereocenters. The predicted molar refractivity (Wildman–Crippen MR) is 239 cm³/mol. The molecular formula is C48H73N5O7. The highest BCUT2D eigenvalue weighted by Crippen LogP contribution is 2.37. The highest BCUT2D eigenvalue weighted by molar-refractivity contribution is 5.95. The fourth-order valence-corrected chi connectivity index (χ4v) is 7.08. The average molecular weight is 832 g/mol. The first-order valence-corrected chi connectivity index (χ1v) is 22.0. The number of hydrogen-bond donors (Lipinski definition) is 2. The maximum atomic E-state index is 13.3. The number of hydrogen-bond acceptors (Lipinski definition) is 11. The second-order valence-corrected chi connectivity index (χ2v) is 15.4. The van der Waals surface area contributed by atoms with E-state index in [0.717, 1.165) is 92.8 Å². The van der Waals surface area contributed by atoms with Crippen LogP contribution in [-0.2, 0) is 23.7 Å². The molecule has 1 heterocycles. The summed E-state index contributed by atoms with van der Waals surface area (Å²) >= 11 is 0. The van der Waals surface area contributed by atoms with Crippen LogP contribution in [0.5, 0.6) is 5.75 Å². The molecule has 3 rings (SSSR count). The molecule has 0 fully saturated rings. The van der Waals surface area contributed by atoms with Gasteiger partial charge in [0.15, 0.2) is 0 Å². The Kier molecular flexibility index (Phi) is 24.6. The molecule has 1 aromatic heterocycles. The van der Waals surface area contributed by atoms with Crippen molar-refractivity contribution in [3.8, 4) is 5.75 Å². The number of esters is 1. The van der Waals surface area contributed by atoms with E-state index >= 15 is 0 Å². The topological polar surface area (TPSA) is 133 Å². The number of amides is 1. The number of methoxy groups -OCH3 is 1. The van der Waals surface area contributed by atoms with Crippen LogP contribution in [0.4, 0.5) is 5.69 Å². The summed E-state index contributed by atoms with van der Waals surface area (Å²) in [6.45, 7) is 18.1. The third kappa shape index (κ3) is 18.8. The first kappa shape index (κ1) is 49.8. The quantitative estimate of drug-likeness (QED) is 0.0449. The molecule has 0 aliphatic carbocycles. The number of benzene rings is 2. The number of unbranched alkanes of at least 4 members (excludes halogenated alkanes) is 5. The number of likely N-dealkylation sites (N-methyl/N-ethyl adjacent to an activating group) is 1. The molecule has 0 aliphatic heterocycles. The molecule has 0 aliphatic rings. The van der Waals surface area contributed by atoms with Crippen LogP contribution >= 0.6 is 0 Å². The minimum absolute atomic E-state index is 0.0772. The van der Waals surface area contributed by atoms with Gasteiger partial charge in [0.2, 0.25) is 0 Å². The largest absolute Gasteiger partial charge is 0.494 e. The number of aromatic nitrogens is 2. The van der Waals surface area contributed by atoms with Gasteiger partial charge in [0, 0.05) is 49.8 Å². The Morgan fingerprint density at radius 2 is 1.45 bits per heavy atom. The van der Waals surface area contributed by atoms with Gasteiger partial charge in [0.1, 0.15) is 12.1 Å². The number of carbonyl (C=O) groups excluding carboxylic acids is 2. The van der Waals surface area contributed by atoms with Crippen molar-refractivity contribution in [1.82, 2.24) is 20.2 Å². The summed E-state index contributed by atoms with van der Waals surface area (Å²) in [5, 5.41) is 6.63. The van der Waals surface area contributed by atoms with E-state index in [1.165, 1.54) is 7.11 Å². The molecule has 0 saturated heterocycles. The zero-order chi connectivity index (χ0) is 43.4. The van der Waals surface area contributed by atoms with Crippen molar-refractivity contribution in [3.63, 3.8) is 0 Å². The number of rotatable bonds is 33. The van der Waals surface area contributed by atoms with Crippen molar-refractivity contribution in [1.29, 1.82) is 0 Å². The fraction of sp³-hybridized carbons (Fsp3) is 0.583. The van der Waals surface area contributed by atoms with Crippen LogP contribution in [0.3, 0.4) is 0 Å². The third-order valence-electron chi connectivity index (χ3n) is 11.0. The number of anilines is 1. The summed E-state index contributed by atoms with van der Waals surface area (Å²) in [6.07, 6.45) is 12.9. The van der Waals surface area contributed by atoms with Crippen LogP contribution in [0.2, 0.25) is 0 Å². The van der Waals surface area contributed by atoms with Gasteiger partial charge in [-0.2, -0.15) is 0 Å². The molecule has 3 aromatic rings. The SMILES string of the molecule is C=C(CNc1cccc(C(=O)N[C@@H](C)c2ccc(OCCCCCCOCCOCCOCCCCCC(=O)OC)cc2)c1)N(C)C(c1ccncn1)C(CC)C(C)CC. The van der Waals surface area contributed by atoms with Crippen LogP contribution < -0.4 is 15.4 Å². The third-order valence-corrected chi connectivity index (χ3v) is 11.0. The first-order chi connectivity index (χ1) is 29.2. The Hall–Kier alpha value is -4.52. The van der Waals surface area contributed by atoms with Gasteiger partial charge >= 0.3 is 5.97 Å². The number of carbonyl (C=O) groups is 2. The first-order valence-electron chi connectivity index (χ1n) is 22.0. The van der Waals surface area contributed by atoms with Gasteiger partial charge in [-0.15, -0.1) is 0 Å². The van der Waals surface area contributed by atoms with E-state index in [9.17, 15) is 9.59 Å². The van der Waals surface area contributed by atoms with Crippen molar-refractivity contribution in [2.24, 2.45) is 11.8 Å². The predicted octanol–water partition coefficient (Wildman–Crippen LogP) is 9.36. The van der Waals surface area contributed by atoms with Gasteiger partial charge < -0.3 is 39.2 Å². The zero-order valence-electron chi connectivity index (χ0n) is 37.3. The van der Waals surface area contributed by atoms with Gasteiger partial charge in [0.05, 0.1) is 64.5 Å². The van der Waals surface area contributed by atoms with E-state index in [-0.39, 0.29) is 24.0 Å². The molecule has 12 nitrogen and oxygen atoms in total. The molecule has 0 bridgehead atoms. The van der Waals surface area contributed by atoms with Gasteiger partial charge in [0.25, 0.3) is 5.91 Å². The standard InChI is InChI=1S/C48H73N5O7/c1-8-37(3)44(9-2)47(45-25-26-49-36-51-45)53(6)38(4)35-50-42-19-17-18-41(34-42)48(55)52-39(5)40-21-23-43(24-22-40)60-29-16-11-10-14-27-57-30-32-59-33-31-58-28-15-12-13-20-46(54)56-7/h17-19,21-26,34,36-37,39,44,47,50H,4,8-16,20,27-33,35H2,1-3,5-7H3,(H,52,55)/t37?,39-,44?,47?/m0/s1. The lowest BCUT2D eigenvalue weighted by atomic mass is 9.81. The second kappa shape index (κ2) is 29.7. The van der Waals surface area contributed by atoms with Crippen LogP contribution in [0.1, 0.15) is 126 Å². The normalized spacial score (nSPS) is 13.2. The average Bonchev–Trinajstić information content (AvgIpc) is 3.27. The maximum absolute atomic E-state index is 13.3. The highest BCUT2D eigenvalue weighted by Gasteiger charge is 2.31. The molecule has 0 saturated carbocycles. The van der Waals surface area contributed by atoms with E-state index in [1.54, 1.807) is 12.5 Å². The molecule has 2 aromatic carbocycles. The summed E-state index contributed by atoms with van der Waals surface area (Å²) in [5.41, 5.74) is 4.38. The summed E-state index contributed by atoms with van der Waals surface area (Å²) in [7, 11) is 3.51. The molecular weight excluding hydrogens is 759 g/mol. The van der Waals surface area contributed by atoms with Gasteiger partial charge in [-0.25, -0.2) is 9.97 Å². The Labute approximate surface area is 360 Å². The van der Waals surface area contributed by atoms with Crippen LogP contribution in [-0.4, -0.2) is 93.7 Å². The number of nitrogens with zero attached hydrogens (tertiary/aromatic N) is 3. The van der Waals surface area contributed by atoms with Crippen molar-refractivity contribution in [3.05, 3.63) is 96.2 Å². The molecule has 60 heavy (non-hydrogen) atoms. The minimum atomic E-state index is -0.178. The maximum Gasteiger partial charge on any atom is 0.305 e. The lowest BCUT2D eigenvalue weighted by Crippen LogP contribution is -2.35. The smallest absolute Gasteiger partial charge is 0.305 e. The van der Waals surface area contributed by atoms with E-state index in [0.29, 0.717) is 70.0 Å². The Bertz CT molecular complexity index is 1630. The summed E-state index contributed by atoms with van der Waals surface area (Å²) in [4.78, 5) is 35.4. The molecule has 0 radical (unpaired) electrons. The lowest BCUT2D eigenvalue weighted by molar-refractivity contribution is -0.140. The Balaban J connectivity index is 1.28. The lowest BCUT2D eigenvalue weighted by Gasteiger charge is -2.39. The monoisotopic (exact) mass is 832 g/mol. The van der Waals surface area contributed by atoms with Gasteiger partial charge in [-0.05, 0) is 92.8 Å². The Morgan fingerprint density at radius 3 is 2.07 bits per heavy atom. The van der Waals surface area contributed by atoms with Crippen LogP contribution in [0.15, 0.2) is 79.4 Å². The van der Waals surface area contributed by atoms with Crippen LogP contribution in [0.25, 0.3) is 0 Å².